The number of carbonyl (C=O) groups excluding carboxylic acids is 1. The number of aromatic amines is 1. The smallest absolute Gasteiger partial charge is 0.347 e. The van der Waals surface area contributed by atoms with Crippen LogP contribution in [-0.2, 0) is 7.05 Å². The highest BCUT2D eigenvalue weighted by atomic mass is 16.6. The molecule has 0 atom stereocenters. The number of nitrogens with one attached hydrogen (secondary N) is 2. The van der Waals surface area contributed by atoms with E-state index in [0.29, 0.717) is 10.9 Å². The fourth-order valence-corrected chi connectivity index (χ4v) is 1.81. The average Bonchev–Trinajstić information content (AvgIpc) is 2.75. The van der Waals surface area contributed by atoms with Gasteiger partial charge in [0.1, 0.15) is 5.52 Å². The molecule has 7 nitrogen and oxygen atoms in total. The van der Waals surface area contributed by atoms with Crippen LogP contribution in [0, 0.1) is 10.1 Å². The Kier molecular flexibility index (Phi) is 2.15. The molecule has 2 aromatic heterocycles. The zero-order valence-electron chi connectivity index (χ0n) is 8.77. The van der Waals surface area contributed by atoms with Crippen molar-refractivity contribution in [3.05, 3.63) is 28.1 Å². The van der Waals surface area contributed by atoms with Gasteiger partial charge in [-0.05, 0) is 11.0 Å². The molecule has 0 spiro atoms. The van der Waals surface area contributed by atoms with E-state index in [0.717, 1.165) is 0 Å². The molecule has 0 radical (unpaired) electrons. The normalized spacial score (nSPS) is 10.6. The van der Waals surface area contributed by atoms with Crippen LogP contribution in [0.2, 0.25) is 0 Å². The second-order valence-corrected chi connectivity index (χ2v) is 3.33. The predicted molar refractivity (Wildman–Crippen MR) is 57.3 cm³/mol. The first-order valence-corrected chi connectivity index (χ1v) is 4.60. The first-order valence-electron chi connectivity index (χ1n) is 4.60. The van der Waals surface area contributed by atoms with Gasteiger partial charge in [0.2, 0.25) is 5.69 Å². The molecule has 0 aliphatic carbocycles. The molecule has 2 N–H and O–H groups in total. The van der Waals surface area contributed by atoms with Crippen molar-refractivity contribution < 1.29 is 9.72 Å². The van der Waals surface area contributed by atoms with Crippen LogP contribution in [0.25, 0.3) is 10.9 Å². The van der Waals surface area contributed by atoms with E-state index < -0.39 is 4.92 Å². The number of H-pyrrole nitrogens is 1. The van der Waals surface area contributed by atoms with E-state index in [9.17, 15) is 14.9 Å². The number of carbonyl (C=O) groups is 1. The number of nitro groups is 1. The summed E-state index contributed by atoms with van der Waals surface area (Å²) in [6, 6.07) is 1.65. The first-order chi connectivity index (χ1) is 7.57. The quantitative estimate of drug-likeness (QED) is 0.580. The summed E-state index contributed by atoms with van der Waals surface area (Å²) >= 11 is 0. The zero-order chi connectivity index (χ0) is 11.9. The van der Waals surface area contributed by atoms with Crippen LogP contribution in [0.5, 0.6) is 0 Å². The second kappa shape index (κ2) is 3.37. The zero-order valence-corrected chi connectivity index (χ0v) is 8.77. The molecule has 0 bridgehead atoms. The van der Waals surface area contributed by atoms with Gasteiger partial charge in [-0.15, -0.1) is 0 Å². The Morgan fingerprint density at radius 3 is 2.88 bits per heavy atom. The predicted octanol–water partition coefficient (Wildman–Crippen LogP) is 0.774. The van der Waals surface area contributed by atoms with Crippen molar-refractivity contribution in [2.75, 3.05) is 7.05 Å². The van der Waals surface area contributed by atoms with Crippen LogP contribution in [-0.4, -0.2) is 27.4 Å². The molecule has 2 heterocycles. The molecule has 0 fully saturated rings. The maximum Gasteiger partial charge on any atom is 0.347 e. The van der Waals surface area contributed by atoms with Crippen molar-refractivity contribution in [1.82, 2.24) is 14.9 Å². The fraction of sp³-hybridized carbons (Fsp3) is 0.222. The van der Waals surface area contributed by atoms with Gasteiger partial charge in [-0.1, -0.05) is 0 Å². The highest BCUT2D eigenvalue weighted by Gasteiger charge is 2.28. The standard InChI is InChI=1S/C9H10N4O3/c1-10-8(14)7-5-3-4-11-6(5)9(12(7)2)13(15)16/h3-4,11H,1-2H3,(H,10,14). The SMILES string of the molecule is CNC(=O)c1c2cc[nH]c2c([N+](=O)[O-])n1C. The number of hydrogen-bond acceptors (Lipinski definition) is 3. The number of fused-ring (bicyclic) bond motifs is 1. The maximum absolute atomic E-state index is 11.6. The molecule has 0 aliphatic rings. The van der Waals surface area contributed by atoms with Crippen LogP contribution in [0.15, 0.2) is 12.3 Å². The topological polar surface area (TPSA) is 93.0 Å². The van der Waals surface area contributed by atoms with Gasteiger partial charge in [0.25, 0.3) is 5.91 Å². The fourth-order valence-electron chi connectivity index (χ4n) is 1.81. The van der Waals surface area contributed by atoms with Gasteiger partial charge in [-0.25, -0.2) is 4.57 Å². The van der Waals surface area contributed by atoms with E-state index in [4.69, 9.17) is 0 Å². The van der Waals surface area contributed by atoms with Crippen LogP contribution < -0.4 is 5.32 Å². The van der Waals surface area contributed by atoms with Gasteiger partial charge >= 0.3 is 5.82 Å². The maximum atomic E-state index is 11.6. The molecular formula is C9H10N4O3. The molecule has 0 saturated carbocycles. The van der Waals surface area contributed by atoms with Crippen LogP contribution in [0.4, 0.5) is 5.82 Å². The minimum absolute atomic E-state index is 0.112. The number of amides is 1. The Bertz CT molecular complexity index is 581. The van der Waals surface area contributed by atoms with E-state index in [1.807, 2.05) is 0 Å². The van der Waals surface area contributed by atoms with Gasteiger partial charge in [0.05, 0.1) is 12.4 Å². The highest BCUT2D eigenvalue weighted by molar-refractivity contribution is 6.08. The number of rotatable bonds is 2. The summed E-state index contributed by atoms with van der Waals surface area (Å²) < 4.78 is 1.28. The third-order valence-corrected chi connectivity index (χ3v) is 2.49. The lowest BCUT2D eigenvalue weighted by molar-refractivity contribution is -0.390. The molecule has 84 valence electrons. The summed E-state index contributed by atoms with van der Waals surface area (Å²) in [7, 11) is 2.98. The summed E-state index contributed by atoms with van der Waals surface area (Å²) in [5.74, 6) is -0.459. The summed E-state index contributed by atoms with van der Waals surface area (Å²) in [6.45, 7) is 0. The van der Waals surface area contributed by atoms with Crippen LogP contribution in [0.3, 0.4) is 0 Å². The van der Waals surface area contributed by atoms with Gasteiger partial charge < -0.3 is 20.4 Å². The number of nitrogens with zero attached hydrogens (tertiary/aromatic N) is 2. The van der Waals surface area contributed by atoms with Crippen molar-refractivity contribution >= 4 is 22.6 Å². The van der Waals surface area contributed by atoms with Crippen LogP contribution >= 0.6 is 0 Å². The van der Waals surface area contributed by atoms with Crippen molar-refractivity contribution in [3.8, 4) is 0 Å². The molecule has 0 unspecified atom stereocenters. The highest BCUT2D eigenvalue weighted by Crippen LogP contribution is 2.29. The number of hydrogen-bond donors (Lipinski definition) is 2. The van der Waals surface area contributed by atoms with Gasteiger partial charge in [0.15, 0.2) is 0 Å². The third-order valence-electron chi connectivity index (χ3n) is 2.49. The van der Waals surface area contributed by atoms with Crippen molar-refractivity contribution in [2.45, 2.75) is 0 Å². The summed E-state index contributed by atoms with van der Waals surface area (Å²) in [4.78, 5) is 24.8. The number of aromatic nitrogens is 2. The minimum Gasteiger partial charge on any atom is -0.358 e. The van der Waals surface area contributed by atoms with Crippen molar-refractivity contribution in [3.63, 3.8) is 0 Å². The second-order valence-electron chi connectivity index (χ2n) is 3.33. The first kappa shape index (κ1) is 10.2. The van der Waals surface area contributed by atoms with E-state index in [2.05, 4.69) is 10.3 Å². The van der Waals surface area contributed by atoms with Gasteiger partial charge in [-0.3, -0.25) is 4.79 Å². The van der Waals surface area contributed by atoms with E-state index >= 15 is 0 Å². The largest absolute Gasteiger partial charge is 0.358 e. The van der Waals surface area contributed by atoms with E-state index in [1.54, 1.807) is 12.3 Å². The van der Waals surface area contributed by atoms with Gasteiger partial charge in [-0.2, -0.15) is 0 Å². The molecular weight excluding hydrogens is 212 g/mol. The average molecular weight is 222 g/mol. The molecule has 0 aliphatic heterocycles. The summed E-state index contributed by atoms with van der Waals surface area (Å²) in [5.41, 5.74) is 0.650. The lowest BCUT2D eigenvalue weighted by Gasteiger charge is -1.99. The van der Waals surface area contributed by atoms with Gasteiger partial charge in [0, 0.05) is 13.2 Å². The lowest BCUT2D eigenvalue weighted by atomic mass is 10.3. The Morgan fingerprint density at radius 2 is 2.31 bits per heavy atom. The Balaban J connectivity index is 2.83. The molecule has 2 aromatic rings. The minimum atomic E-state index is -0.509. The monoisotopic (exact) mass is 222 g/mol. The van der Waals surface area contributed by atoms with E-state index in [-0.39, 0.29) is 17.4 Å². The Hall–Kier alpha value is -2.31. The summed E-state index contributed by atoms with van der Waals surface area (Å²) in [6.07, 6.45) is 1.57. The molecule has 0 aromatic carbocycles. The lowest BCUT2D eigenvalue weighted by Crippen LogP contribution is -2.21. The molecule has 1 amide bonds. The Morgan fingerprint density at radius 1 is 1.62 bits per heavy atom. The molecule has 16 heavy (non-hydrogen) atoms. The third kappa shape index (κ3) is 1.18. The summed E-state index contributed by atoms with van der Waals surface area (Å²) in [5, 5.41) is 13.9. The Labute approximate surface area is 90.2 Å². The van der Waals surface area contributed by atoms with Crippen molar-refractivity contribution in [1.29, 1.82) is 0 Å². The van der Waals surface area contributed by atoms with E-state index in [1.165, 1.54) is 18.7 Å². The molecule has 7 heteroatoms. The molecule has 0 saturated heterocycles. The molecule has 2 rings (SSSR count). The van der Waals surface area contributed by atoms with Crippen LogP contribution in [0.1, 0.15) is 10.5 Å². The van der Waals surface area contributed by atoms with Crippen molar-refractivity contribution in [2.24, 2.45) is 7.05 Å².